The Morgan fingerprint density at radius 2 is 2.32 bits per heavy atom. The number of nitrogens with one attached hydrogen (secondary N) is 1. The second-order valence-corrected chi connectivity index (χ2v) is 5.64. The van der Waals surface area contributed by atoms with Crippen molar-refractivity contribution >= 4 is 33.3 Å². The van der Waals surface area contributed by atoms with Gasteiger partial charge >= 0.3 is 0 Å². The molecule has 0 spiro atoms. The fourth-order valence-corrected chi connectivity index (χ4v) is 2.64. The summed E-state index contributed by atoms with van der Waals surface area (Å²) in [5.74, 6) is 1.82. The summed E-state index contributed by atoms with van der Waals surface area (Å²) < 4.78 is 0.955. The zero-order chi connectivity index (χ0) is 13.4. The Balaban J connectivity index is 1.88. The van der Waals surface area contributed by atoms with Gasteiger partial charge in [-0.1, -0.05) is 6.58 Å². The maximum absolute atomic E-state index is 4.67. The summed E-state index contributed by atoms with van der Waals surface area (Å²) in [6.45, 7) is 6.65. The van der Waals surface area contributed by atoms with E-state index in [1.54, 1.807) is 6.20 Å². The molecule has 3 rings (SSSR count). The quantitative estimate of drug-likeness (QED) is 0.901. The molecule has 1 fully saturated rings. The zero-order valence-corrected chi connectivity index (χ0v) is 12.4. The van der Waals surface area contributed by atoms with Crippen molar-refractivity contribution in [1.29, 1.82) is 0 Å². The van der Waals surface area contributed by atoms with E-state index in [1.807, 2.05) is 19.3 Å². The van der Waals surface area contributed by atoms with Crippen LogP contribution in [0.25, 0.3) is 0 Å². The number of aromatic nitrogens is 1. The molecule has 1 N–H and O–H groups in total. The number of nitrogens with zero attached hydrogens (tertiary/aromatic N) is 4. The molecular formula is C13H16BrN5. The first-order valence-corrected chi connectivity index (χ1v) is 7.05. The first kappa shape index (κ1) is 12.6. The average molecular weight is 322 g/mol. The normalized spacial score (nSPS) is 18.7. The summed E-state index contributed by atoms with van der Waals surface area (Å²) in [6, 6.07) is 2.59. The predicted molar refractivity (Wildman–Crippen MR) is 81.0 cm³/mol. The minimum absolute atomic E-state index is 0.569. The van der Waals surface area contributed by atoms with E-state index in [0.29, 0.717) is 6.04 Å². The van der Waals surface area contributed by atoms with Crippen LogP contribution in [0, 0.1) is 0 Å². The number of hydrogen-bond acceptors (Lipinski definition) is 5. The Bertz CT molecular complexity index is 536. The number of likely N-dealkylation sites (N-methyl/N-ethyl adjacent to an activating group) is 1. The molecule has 3 heterocycles. The molecule has 0 saturated carbocycles. The molecule has 1 aromatic heterocycles. The number of fused-ring (bicyclic) bond motifs is 1. The van der Waals surface area contributed by atoms with E-state index >= 15 is 0 Å². The van der Waals surface area contributed by atoms with E-state index in [0.717, 1.165) is 41.4 Å². The van der Waals surface area contributed by atoms with Crippen molar-refractivity contribution in [3.8, 4) is 0 Å². The summed E-state index contributed by atoms with van der Waals surface area (Å²) >= 11 is 3.44. The van der Waals surface area contributed by atoms with Crippen LogP contribution in [-0.2, 0) is 0 Å². The molecule has 6 heteroatoms. The van der Waals surface area contributed by atoms with Gasteiger partial charge in [0.1, 0.15) is 5.84 Å². The van der Waals surface area contributed by atoms with Crippen molar-refractivity contribution in [2.45, 2.75) is 6.04 Å². The minimum Gasteiger partial charge on any atom is -0.355 e. The summed E-state index contributed by atoms with van der Waals surface area (Å²) in [6.07, 6.45) is 3.61. The fraction of sp³-hybridized carbons (Fsp3) is 0.385. The maximum Gasteiger partial charge on any atom is 0.177 e. The molecule has 100 valence electrons. The average Bonchev–Trinajstić information content (AvgIpc) is 2.37. The Morgan fingerprint density at radius 1 is 1.53 bits per heavy atom. The molecule has 5 nitrogen and oxygen atoms in total. The number of anilines is 1. The third kappa shape index (κ3) is 2.26. The van der Waals surface area contributed by atoms with Gasteiger partial charge in [0.05, 0.1) is 12.2 Å². The number of aliphatic imine (C=N–C) groups is 1. The number of rotatable bonds is 2. The van der Waals surface area contributed by atoms with Crippen molar-refractivity contribution in [3.63, 3.8) is 0 Å². The van der Waals surface area contributed by atoms with Crippen molar-refractivity contribution < 1.29 is 0 Å². The summed E-state index contributed by atoms with van der Waals surface area (Å²) in [5.41, 5.74) is 0.999. The van der Waals surface area contributed by atoms with Crippen LogP contribution in [0.4, 0.5) is 11.5 Å². The number of likely N-dealkylation sites (tertiary alicyclic amines) is 1. The van der Waals surface area contributed by atoms with Gasteiger partial charge in [0, 0.05) is 29.8 Å². The second kappa shape index (κ2) is 4.94. The molecule has 1 aromatic rings. The van der Waals surface area contributed by atoms with Crippen LogP contribution < -0.4 is 10.2 Å². The monoisotopic (exact) mass is 321 g/mol. The van der Waals surface area contributed by atoms with Crippen LogP contribution in [0.2, 0.25) is 0 Å². The lowest BCUT2D eigenvalue weighted by molar-refractivity contribution is 0.222. The van der Waals surface area contributed by atoms with Gasteiger partial charge in [0.2, 0.25) is 0 Å². The van der Waals surface area contributed by atoms with Crippen LogP contribution in [-0.4, -0.2) is 48.4 Å². The number of hydrogen-bond donors (Lipinski definition) is 1. The third-order valence-corrected chi connectivity index (χ3v) is 3.98. The van der Waals surface area contributed by atoms with Gasteiger partial charge in [-0.05, 0) is 35.2 Å². The molecule has 0 unspecified atom stereocenters. The van der Waals surface area contributed by atoms with Crippen LogP contribution in [0.3, 0.4) is 0 Å². The maximum atomic E-state index is 4.67. The van der Waals surface area contributed by atoms with Crippen LogP contribution in [0.15, 0.2) is 34.5 Å². The summed E-state index contributed by atoms with van der Waals surface area (Å²) in [5, 5.41) is 3.27. The highest BCUT2D eigenvalue weighted by molar-refractivity contribution is 9.10. The van der Waals surface area contributed by atoms with E-state index in [9.17, 15) is 0 Å². The van der Waals surface area contributed by atoms with E-state index in [1.165, 1.54) is 0 Å². The molecule has 2 aliphatic heterocycles. The van der Waals surface area contributed by atoms with Gasteiger partial charge in [-0.3, -0.25) is 0 Å². The van der Waals surface area contributed by atoms with Gasteiger partial charge in [-0.2, -0.15) is 0 Å². The van der Waals surface area contributed by atoms with Crippen molar-refractivity contribution in [3.05, 3.63) is 29.5 Å². The molecule has 1 saturated heterocycles. The van der Waals surface area contributed by atoms with Crippen molar-refractivity contribution in [1.82, 2.24) is 15.2 Å². The van der Waals surface area contributed by atoms with Crippen molar-refractivity contribution in [2.75, 3.05) is 31.6 Å². The topological polar surface area (TPSA) is 43.8 Å². The molecule has 0 radical (unpaired) electrons. The smallest absolute Gasteiger partial charge is 0.177 e. The predicted octanol–water partition coefficient (Wildman–Crippen LogP) is 1.74. The highest BCUT2D eigenvalue weighted by atomic mass is 79.9. The van der Waals surface area contributed by atoms with Gasteiger partial charge in [-0.25, -0.2) is 9.98 Å². The highest BCUT2D eigenvalue weighted by Crippen LogP contribution is 2.33. The molecule has 2 aliphatic rings. The first-order chi connectivity index (χ1) is 9.21. The molecule has 0 aromatic carbocycles. The number of halogens is 1. The van der Waals surface area contributed by atoms with Gasteiger partial charge < -0.3 is 15.1 Å². The lowest BCUT2D eigenvalue weighted by Gasteiger charge is -2.43. The van der Waals surface area contributed by atoms with E-state index in [-0.39, 0.29) is 0 Å². The Hall–Kier alpha value is -1.40. The molecule has 0 atom stereocenters. The van der Waals surface area contributed by atoms with Crippen LogP contribution in [0.1, 0.15) is 0 Å². The summed E-state index contributed by atoms with van der Waals surface area (Å²) in [4.78, 5) is 13.4. The Morgan fingerprint density at radius 3 is 3.00 bits per heavy atom. The van der Waals surface area contributed by atoms with Crippen LogP contribution in [0.5, 0.6) is 0 Å². The van der Waals surface area contributed by atoms with Crippen molar-refractivity contribution in [2.24, 2.45) is 4.99 Å². The standard InChI is InChI=1S/C13H16BrN5/c1-3-18-8-12(19-6-10(7-19)15-2)17-13-11(18)4-9(14)5-16-13/h3-5,10,15H,1,6-8H2,2H3. The molecule has 0 aliphatic carbocycles. The Kier molecular flexibility index (Phi) is 3.28. The molecule has 19 heavy (non-hydrogen) atoms. The van der Waals surface area contributed by atoms with E-state index in [4.69, 9.17) is 0 Å². The fourth-order valence-electron chi connectivity index (χ4n) is 2.32. The molecule has 0 amide bonds. The van der Waals surface area contributed by atoms with E-state index < -0.39 is 0 Å². The SMILES string of the molecule is C=CN1CC(N2CC(NC)C2)=Nc2ncc(Br)cc21. The summed E-state index contributed by atoms with van der Waals surface area (Å²) in [7, 11) is 2.00. The number of pyridine rings is 1. The largest absolute Gasteiger partial charge is 0.355 e. The van der Waals surface area contributed by atoms with Crippen LogP contribution >= 0.6 is 15.9 Å². The number of amidine groups is 1. The zero-order valence-electron chi connectivity index (χ0n) is 10.8. The van der Waals surface area contributed by atoms with Gasteiger partial charge in [-0.15, -0.1) is 0 Å². The lowest BCUT2D eigenvalue weighted by atomic mass is 10.1. The second-order valence-electron chi connectivity index (χ2n) is 4.73. The molecular weight excluding hydrogens is 306 g/mol. The third-order valence-electron chi connectivity index (χ3n) is 3.55. The first-order valence-electron chi connectivity index (χ1n) is 6.26. The Labute approximate surface area is 121 Å². The van der Waals surface area contributed by atoms with E-state index in [2.05, 4.69) is 47.6 Å². The van der Waals surface area contributed by atoms with Gasteiger partial charge in [0.15, 0.2) is 5.82 Å². The minimum atomic E-state index is 0.569. The van der Waals surface area contributed by atoms with Gasteiger partial charge in [0.25, 0.3) is 0 Å². The highest BCUT2D eigenvalue weighted by Gasteiger charge is 2.31. The lowest BCUT2D eigenvalue weighted by Crippen LogP contribution is -2.60. The molecule has 0 bridgehead atoms.